The van der Waals surface area contributed by atoms with Gasteiger partial charge in [-0.3, -0.25) is 4.79 Å². The van der Waals surface area contributed by atoms with Gasteiger partial charge < -0.3 is 14.8 Å². The molecule has 0 saturated heterocycles. The number of nitrogens with one attached hydrogen (secondary N) is 1. The molecule has 0 aliphatic heterocycles. The van der Waals surface area contributed by atoms with Crippen molar-refractivity contribution in [1.82, 2.24) is 5.32 Å². The van der Waals surface area contributed by atoms with E-state index in [0.717, 1.165) is 12.0 Å². The maximum atomic E-state index is 11.2. The summed E-state index contributed by atoms with van der Waals surface area (Å²) in [5, 5.41) is 2.24. The molecule has 92 valence electrons. The maximum absolute atomic E-state index is 11.2. The van der Waals surface area contributed by atoms with Crippen LogP contribution in [0, 0.1) is 0 Å². The first-order valence-electron chi connectivity index (χ1n) is 5.22. The number of amides is 1. The van der Waals surface area contributed by atoms with Crippen molar-refractivity contribution in [3.05, 3.63) is 29.8 Å². The Morgan fingerprint density at radius 1 is 1.35 bits per heavy atom. The minimum absolute atomic E-state index is 0.130. The Hall–Kier alpha value is -1.88. The summed E-state index contributed by atoms with van der Waals surface area (Å²) >= 11 is 0. The van der Waals surface area contributed by atoms with E-state index in [1.54, 1.807) is 19.2 Å². The molecule has 0 fully saturated rings. The summed E-state index contributed by atoms with van der Waals surface area (Å²) in [5.41, 5.74) is 1.11. The number of carbonyl (C=O) groups excluding carboxylic acids is 2. The lowest BCUT2D eigenvalue weighted by molar-refractivity contribution is -0.134. The van der Waals surface area contributed by atoms with Crippen LogP contribution >= 0.6 is 0 Å². The average molecular weight is 237 g/mol. The molecule has 5 nitrogen and oxygen atoms in total. The average Bonchev–Trinajstić information content (AvgIpc) is 2.35. The molecule has 1 amide bonds. The highest BCUT2D eigenvalue weighted by atomic mass is 16.5. The van der Waals surface area contributed by atoms with Crippen LogP contribution < -0.4 is 10.1 Å². The minimum Gasteiger partial charge on any atom is -0.425 e. The first-order valence-corrected chi connectivity index (χ1v) is 5.22. The van der Waals surface area contributed by atoms with E-state index in [-0.39, 0.29) is 6.54 Å². The molecule has 0 atom stereocenters. The summed E-state index contributed by atoms with van der Waals surface area (Å²) < 4.78 is 9.94. The van der Waals surface area contributed by atoms with Crippen LogP contribution in [0.1, 0.15) is 5.56 Å². The molecular weight excluding hydrogens is 222 g/mol. The molecule has 0 unspecified atom stereocenters. The van der Waals surface area contributed by atoms with Crippen molar-refractivity contribution in [2.24, 2.45) is 0 Å². The lowest BCUT2D eigenvalue weighted by atomic mass is 10.1. The fourth-order valence-electron chi connectivity index (χ4n) is 1.24. The quantitative estimate of drug-likeness (QED) is 0.427. The van der Waals surface area contributed by atoms with E-state index in [1.165, 1.54) is 0 Å². The molecular formula is C12H15NO4. The van der Waals surface area contributed by atoms with Crippen LogP contribution in [0.25, 0.3) is 0 Å². The number of rotatable bonds is 7. The topological polar surface area (TPSA) is 64.6 Å². The summed E-state index contributed by atoms with van der Waals surface area (Å²) in [6, 6.07) is 7.16. The smallest absolute Gasteiger partial charge is 0.330 e. The second-order valence-corrected chi connectivity index (χ2v) is 3.36. The zero-order chi connectivity index (χ0) is 12.5. The lowest BCUT2D eigenvalue weighted by Gasteiger charge is -2.05. The minimum atomic E-state index is -0.498. The highest BCUT2D eigenvalue weighted by Gasteiger charge is 2.03. The van der Waals surface area contributed by atoms with Crippen LogP contribution in [-0.2, 0) is 20.7 Å². The zero-order valence-corrected chi connectivity index (χ0v) is 9.64. The predicted molar refractivity (Wildman–Crippen MR) is 61.7 cm³/mol. The fourth-order valence-corrected chi connectivity index (χ4v) is 1.24. The van der Waals surface area contributed by atoms with Crippen LogP contribution in [0.3, 0.4) is 0 Å². The summed E-state index contributed by atoms with van der Waals surface area (Å²) in [5.74, 6) is -0.0365. The number of carbonyl (C=O) groups is 2. The van der Waals surface area contributed by atoms with Gasteiger partial charge in [0.15, 0.2) is 0 Å². The van der Waals surface area contributed by atoms with Crippen molar-refractivity contribution in [2.75, 3.05) is 20.3 Å². The first kappa shape index (κ1) is 13.2. The Labute approximate surface area is 99.7 Å². The van der Waals surface area contributed by atoms with E-state index in [9.17, 15) is 9.59 Å². The molecule has 0 aromatic heterocycles. The summed E-state index contributed by atoms with van der Waals surface area (Å²) in [7, 11) is 1.65. The summed E-state index contributed by atoms with van der Waals surface area (Å²) in [4.78, 5) is 21.1. The third kappa shape index (κ3) is 5.12. The molecule has 1 aromatic rings. The molecule has 0 radical (unpaired) electrons. The normalized spacial score (nSPS) is 9.71. The van der Waals surface area contributed by atoms with Crippen LogP contribution in [-0.4, -0.2) is 32.6 Å². The molecule has 5 heteroatoms. The molecule has 1 N–H and O–H groups in total. The van der Waals surface area contributed by atoms with Gasteiger partial charge >= 0.3 is 5.97 Å². The first-order chi connectivity index (χ1) is 8.26. The monoisotopic (exact) mass is 237 g/mol. The summed E-state index contributed by atoms with van der Waals surface area (Å²) in [6.07, 6.45) is 1.27. The van der Waals surface area contributed by atoms with Crippen molar-refractivity contribution in [3.8, 4) is 5.75 Å². The Morgan fingerprint density at radius 2 is 2.06 bits per heavy atom. The Morgan fingerprint density at radius 3 is 2.65 bits per heavy atom. The van der Waals surface area contributed by atoms with Crippen molar-refractivity contribution >= 4 is 12.4 Å². The highest BCUT2D eigenvalue weighted by molar-refractivity contribution is 5.76. The molecule has 1 rings (SSSR count). The largest absolute Gasteiger partial charge is 0.425 e. The number of benzene rings is 1. The van der Waals surface area contributed by atoms with Gasteiger partial charge in [0, 0.05) is 7.11 Å². The maximum Gasteiger partial charge on any atom is 0.330 e. The molecule has 0 heterocycles. The Bertz CT molecular complexity index is 361. The molecule has 0 spiro atoms. The van der Waals surface area contributed by atoms with Crippen molar-refractivity contribution in [2.45, 2.75) is 6.42 Å². The number of hydrogen-bond donors (Lipinski definition) is 1. The second-order valence-electron chi connectivity index (χ2n) is 3.36. The van der Waals surface area contributed by atoms with Gasteiger partial charge in [0.2, 0.25) is 6.41 Å². The molecule has 0 bridgehead atoms. The van der Waals surface area contributed by atoms with Gasteiger partial charge in [0.05, 0.1) is 6.61 Å². The van der Waals surface area contributed by atoms with Gasteiger partial charge in [-0.05, 0) is 24.1 Å². The van der Waals surface area contributed by atoms with Crippen molar-refractivity contribution in [1.29, 1.82) is 0 Å². The van der Waals surface area contributed by atoms with Gasteiger partial charge in [-0.25, -0.2) is 4.79 Å². The van der Waals surface area contributed by atoms with Crippen LogP contribution in [0.4, 0.5) is 0 Å². The van der Waals surface area contributed by atoms with E-state index >= 15 is 0 Å². The van der Waals surface area contributed by atoms with Gasteiger partial charge in [-0.2, -0.15) is 0 Å². The fraction of sp³-hybridized carbons (Fsp3) is 0.333. The van der Waals surface area contributed by atoms with E-state index in [1.807, 2.05) is 12.1 Å². The highest BCUT2D eigenvalue weighted by Crippen LogP contribution is 2.12. The van der Waals surface area contributed by atoms with Crippen molar-refractivity contribution < 1.29 is 19.1 Å². The van der Waals surface area contributed by atoms with E-state index in [2.05, 4.69) is 5.32 Å². The van der Waals surface area contributed by atoms with E-state index in [4.69, 9.17) is 9.47 Å². The van der Waals surface area contributed by atoms with Gasteiger partial charge in [-0.15, -0.1) is 0 Å². The Kier molecular flexibility index (Phi) is 5.74. The molecule has 17 heavy (non-hydrogen) atoms. The SMILES string of the molecule is COCCc1ccc(OC(=O)CNC=O)cc1. The van der Waals surface area contributed by atoms with Gasteiger partial charge in [0.1, 0.15) is 12.3 Å². The predicted octanol–water partition coefficient (Wildman–Crippen LogP) is 0.527. The third-order valence-electron chi connectivity index (χ3n) is 2.08. The third-order valence-corrected chi connectivity index (χ3v) is 2.08. The molecule has 0 aliphatic rings. The van der Waals surface area contributed by atoms with Gasteiger partial charge in [0.25, 0.3) is 0 Å². The van der Waals surface area contributed by atoms with E-state index < -0.39 is 5.97 Å². The van der Waals surface area contributed by atoms with E-state index in [0.29, 0.717) is 18.8 Å². The standard InChI is InChI=1S/C12H15NO4/c1-16-7-6-10-2-4-11(5-3-10)17-12(15)8-13-9-14/h2-5,9H,6-8H2,1H3,(H,13,14). The number of esters is 1. The van der Waals surface area contributed by atoms with Gasteiger partial charge in [-0.1, -0.05) is 12.1 Å². The number of methoxy groups -OCH3 is 1. The molecule has 1 aromatic carbocycles. The summed E-state index contributed by atoms with van der Waals surface area (Å²) in [6.45, 7) is 0.525. The number of hydrogen-bond acceptors (Lipinski definition) is 4. The molecule has 0 saturated carbocycles. The van der Waals surface area contributed by atoms with Crippen LogP contribution in [0.5, 0.6) is 5.75 Å². The van der Waals surface area contributed by atoms with Crippen LogP contribution in [0.15, 0.2) is 24.3 Å². The van der Waals surface area contributed by atoms with Crippen LogP contribution in [0.2, 0.25) is 0 Å². The zero-order valence-electron chi connectivity index (χ0n) is 9.64. The Balaban J connectivity index is 2.44. The van der Waals surface area contributed by atoms with Crippen molar-refractivity contribution in [3.63, 3.8) is 0 Å². The second kappa shape index (κ2) is 7.40. The lowest BCUT2D eigenvalue weighted by Crippen LogP contribution is -2.25. The number of ether oxygens (including phenoxy) is 2. The molecule has 0 aliphatic carbocycles.